The second kappa shape index (κ2) is 7.35. The number of amides is 2. The van der Waals surface area contributed by atoms with E-state index >= 15 is 0 Å². The largest absolute Gasteiger partial charge is 0.573 e. The number of benzene rings is 1. The Morgan fingerprint density at radius 2 is 1.86 bits per heavy atom. The van der Waals surface area contributed by atoms with E-state index in [0.717, 1.165) is 12.1 Å². The first kappa shape index (κ1) is 18.1. The molecule has 22 heavy (non-hydrogen) atoms. The Labute approximate surface area is 126 Å². The van der Waals surface area contributed by atoms with E-state index in [1.807, 2.05) is 6.92 Å². The zero-order valence-corrected chi connectivity index (χ0v) is 12.3. The summed E-state index contributed by atoms with van der Waals surface area (Å²) in [5.41, 5.74) is -0.229. The van der Waals surface area contributed by atoms with Crippen LogP contribution in [0.2, 0.25) is 0 Å². The summed E-state index contributed by atoms with van der Waals surface area (Å²) in [6.45, 7) is 3.61. The van der Waals surface area contributed by atoms with E-state index in [-0.39, 0.29) is 12.4 Å². The van der Waals surface area contributed by atoms with Gasteiger partial charge in [0.1, 0.15) is 5.75 Å². The van der Waals surface area contributed by atoms with Crippen molar-refractivity contribution in [2.45, 2.75) is 38.6 Å². The van der Waals surface area contributed by atoms with Crippen molar-refractivity contribution in [3.05, 3.63) is 24.3 Å². The zero-order valence-electron chi connectivity index (χ0n) is 12.3. The molecule has 1 rings (SSSR count). The maximum atomic E-state index is 12.0. The predicted octanol–water partition coefficient (Wildman–Crippen LogP) is 3.26. The van der Waals surface area contributed by atoms with Gasteiger partial charge < -0.3 is 20.5 Å². The minimum atomic E-state index is -4.75. The minimum absolute atomic E-state index is 0.0614. The molecule has 1 aromatic rings. The second-order valence-corrected chi connectivity index (χ2v) is 5.04. The van der Waals surface area contributed by atoms with Crippen LogP contribution >= 0.6 is 0 Å². The van der Waals surface area contributed by atoms with Gasteiger partial charge in [-0.2, -0.15) is 0 Å². The topological polar surface area (TPSA) is 70.6 Å². The van der Waals surface area contributed by atoms with Crippen LogP contribution in [-0.2, 0) is 0 Å². The van der Waals surface area contributed by atoms with Crippen LogP contribution in [0.5, 0.6) is 5.75 Å². The number of alkyl halides is 3. The van der Waals surface area contributed by atoms with E-state index in [1.165, 1.54) is 12.1 Å². The molecule has 0 fully saturated rings. The third-order valence-corrected chi connectivity index (χ3v) is 3.20. The Hall–Kier alpha value is -1.96. The zero-order chi connectivity index (χ0) is 16.8. The molecule has 0 aliphatic rings. The van der Waals surface area contributed by atoms with Crippen molar-refractivity contribution in [2.24, 2.45) is 0 Å². The molecule has 5 nitrogen and oxygen atoms in total. The third kappa shape index (κ3) is 6.21. The van der Waals surface area contributed by atoms with Crippen LogP contribution < -0.4 is 15.4 Å². The molecule has 1 atom stereocenters. The highest BCUT2D eigenvalue weighted by molar-refractivity contribution is 5.89. The van der Waals surface area contributed by atoms with Gasteiger partial charge in [0.15, 0.2) is 0 Å². The lowest BCUT2D eigenvalue weighted by atomic mass is 9.95. The van der Waals surface area contributed by atoms with E-state index in [4.69, 9.17) is 5.11 Å². The highest BCUT2D eigenvalue weighted by Gasteiger charge is 2.31. The fourth-order valence-corrected chi connectivity index (χ4v) is 1.75. The summed E-state index contributed by atoms with van der Waals surface area (Å²) >= 11 is 0. The van der Waals surface area contributed by atoms with Gasteiger partial charge >= 0.3 is 12.4 Å². The van der Waals surface area contributed by atoms with Gasteiger partial charge in [0.05, 0.1) is 0 Å². The lowest BCUT2D eigenvalue weighted by Gasteiger charge is -2.29. The number of aliphatic hydroxyl groups is 1. The molecule has 2 amide bonds. The van der Waals surface area contributed by atoms with Gasteiger partial charge in [-0.15, -0.1) is 13.2 Å². The molecule has 0 saturated heterocycles. The number of carbonyl (C=O) groups excluding carboxylic acids is 1. The van der Waals surface area contributed by atoms with Crippen LogP contribution in [0, 0.1) is 0 Å². The molecular weight excluding hydrogens is 301 g/mol. The molecule has 1 aromatic carbocycles. The van der Waals surface area contributed by atoms with Gasteiger partial charge in [0, 0.05) is 17.8 Å². The summed E-state index contributed by atoms with van der Waals surface area (Å²) in [6, 6.07) is 4.32. The molecule has 0 saturated carbocycles. The fraction of sp³-hybridized carbons (Fsp3) is 0.500. The summed E-state index contributed by atoms with van der Waals surface area (Å²) in [5, 5.41) is 14.2. The van der Waals surface area contributed by atoms with Gasteiger partial charge in [-0.3, -0.25) is 0 Å². The summed E-state index contributed by atoms with van der Waals surface area (Å²) in [5.74, 6) is -0.364. The molecule has 0 bridgehead atoms. The van der Waals surface area contributed by atoms with Crippen molar-refractivity contribution in [1.29, 1.82) is 0 Å². The summed E-state index contributed by atoms with van der Waals surface area (Å²) in [7, 11) is 0. The lowest BCUT2D eigenvalue weighted by molar-refractivity contribution is -0.274. The molecule has 1 unspecified atom stereocenters. The SMILES string of the molecule is CCC(C)(CCO)NC(=O)Nc1ccc(OC(F)(F)F)cc1. The van der Waals surface area contributed by atoms with E-state index in [2.05, 4.69) is 15.4 Å². The van der Waals surface area contributed by atoms with Gasteiger partial charge in [-0.05, 0) is 44.0 Å². The van der Waals surface area contributed by atoms with E-state index in [1.54, 1.807) is 6.92 Å². The number of urea groups is 1. The molecule has 3 N–H and O–H groups in total. The summed E-state index contributed by atoms with van der Waals surface area (Å²) in [4.78, 5) is 11.9. The summed E-state index contributed by atoms with van der Waals surface area (Å²) in [6.07, 6.45) is -3.73. The molecular formula is C14H19F3N2O3. The van der Waals surface area contributed by atoms with Crippen LogP contribution in [-0.4, -0.2) is 29.6 Å². The van der Waals surface area contributed by atoms with Crippen LogP contribution in [0.4, 0.5) is 23.7 Å². The van der Waals surface area contributed by atoms with Gasteiger partial charge in [-0.1, -0.05) is 6.92 Å². The van der Waals surface area contributed by atoms with Gasteiger partial charge in [0.25, 0.3) is 0 Å². The van der Waals surface area contributed by atoms with Crippen molar-refractivity contribution in [3.63, 3.8) is 0 Å². The van der Waals surface area contributed by atoms with Crippen molar-refractivity contribution in [1.82, 2.24) is 5.32 Å². The Balaban J connectivity index is 2.61. The number of carbonyl (C=O) groups is 1. The maximum Gasteiger partial charge on any atom is 0.573 e. The highest BCUT2D eigenvalue weighted by Crippen LogP contribution is 2.24. The normalized spacial score (nSPS) is 14.1. The Kier molecular flexibility index (Phi) is 6.04. The summed E-state index contributed by atoms with van der Waals surface area (Å²) < 4.78 is 39.8. The number of ether oxygens (including phenoxy) is 1. The molecule has 8 heteroatoms. The van der Waals surface area contributed by atoms with E-state index in [9.17, 15) is 18.0 Å². The number of rotatable bonds is 6. The number of nitrogens with one attached hydrogen (secondary N) is 2. The number of aliphatic hydroxyl groups excluding tert-OH is 1. The quantitative estimate of drug-likeness (QED) is 0.753. The number of hydrogen-bond donors (Lipinski definition) is 3. The number of hydrogen-bond acceptors (Lipinski definition) is 3. The highest BCUT2D eigenvalue weighted by atomic mass is 19.4. The predicted molar refractivity (Wildman–Crippen MR) is 75.7 cm³/mol. The molecule has 0 spiro atoms. The molecule has 124 valence electrons. The molecule has 0 radical (unpaired) electrons. The third-order valence-electron chi connectivity index (χ3n) is 3.20. The van der Waals surface area contributed by atoms with Crippen LogP contribution in [0.1, 0.15) is 26.7 Å². The molecule has 0 aliphatic heterocycles. The smallest absolute Gasteiger partial charge is 0.406 e. The van der Waals surface area contributed by atoms with E-state index in [0.29, 0.717) is 18.5 Å². The van der Waals surface area contributed by atoms with Gasteiger partial charge in [-0.25, -0.2) is 4.79 Å². The number of halogens is 3. The standard InChI is InChI=1S/C14H19F3N2O3/c1-3-13(2,8-9-20)19-12(21)18-10-4-6-11(7-5-10)22-14(15,16)17/h4-7,20H,3,8-9H2,1-2H3,(H2,18,19,21). The monoisotopic (exact) mass is 320 g/mol. The Morgan fingerprint density at radius 1 is 1.27 bits per heavy atom. The second-order valence-electron chi connectivity index (χ2n) is 5.04. The van der Waals surface area contributed by atoms with Crippen LogP contribution in [0.3, 0.4) is 0 Å². The van der Waals surface area contributed by atoms with Crippen molar-refractivity contribution < 1.29 is 27.8 Å². The lowest BCUT2D eigenvalue weighted by Crippen LogP contribution is -2.48. The fourth-order valence-electron chi connectivity index (χ4n) is 1.75. The van der Waals surface area contributed by atoms with E-state index < -0.39 is 17.9 Å². The number of anilines is 1. The molecule has 0 aliphatic carbocycles. The van der Waals surface area contributed by atoms with Gasteiger partial charge in [0.2, 0.25) is 0 Å². The average Bonchev–Trinajstić information content (AvgIpc) is 2.39. The minimum Gasteiger partial charge on any atom is -0.406 e. The average molecular weight is 320 g/mol. The van der Waals surface area contributed by atoms with Crippen molar-refractivity contribution in [2.75, 3.05) is 11.9 Å². The van der Waals surface area contributed by atoms with Crippen LogP contribution in [0.25, 0.3) is 0 Å². The Bertz CT molecular complexity index is 491. The first-order valence-corrected chi connectivity index (χ1v) is 6.73. The molecule has 0 aromatic heterocycles. The van der Waals surface area contributed by atoms with Crippen molar-refractivity contribution >= 4 is 11.7 Å². The molecule has 0 heterocycles. The van der Waals surface area contributed by atoms with Crippen LogP contribution in [0.15, 0.2) is 24.3 Å². The first-order valence-electron chi connectivity index (χ1n) is 6.73. The Morgan fingerprint density at radius 3 is 2.32 bits per heavy atom. The first-order chi connectivity index (χ1) is 10.2. The van der Waals surface area contributed by atoms with Crippen molar-refractivity contribution in [3.8, 4) is 5.75 Å². The maximum absolute atomic E-state index is 12.0.